The Bertz CT molecular complexity index is 6950. The summed E-state index contributed by atoms with van der Waals surface area (Å²) in [6.45, 7) is 8.59. The van der Waals surface area contributed by atoms with Crippen molar-refractivity contribution >= 4 is 179 Å². The number of aryl methyl sites for hydroxylation is 4. The first-order chi connectivity index (χ1) is 49.8. The number of fused-ring (bicyclic) bond motifs is 27. The van der Waals surface area contributed by atoms with Crippen LogP contribution in [0.3, 0.4) is 0 Å². The second-order valence-corrected chi connectivity index (χ2v) is 28.0. The molecule has 0 saturated heterocycles. The van der Waals surface area contributed by atoms with Crippen LogP contribution < -0.4 is 0 Å². The van der Waals surface area contributed by atoms with E-state index in [9.17, 15) is 0 Å². The molecule has 0 radical (unpaired) electrons. The van der Waals surface area contributed by atoms with E-state index in [0.29, 0.717) is 0 Å². The summed E-state index contributed by atoms with van der Waals surface area (Å²) in [5, 5.41) is 20.3. The molecule has 0 amide bonds. The van der Waals surface area contributed by atoms with Crippen molar-refractivity contribution in [2.75, 3.05) is 0 Å². The highest BCUT2D eigenvalue weighted by Crippen LogP contribution is 2.46. The molecule has 0 unspecified atom stereocenters. The van der Waals surface area contributed by atoms with Crippen LogP contribution in [0.5, 0.6) is 0 Å². The molecular weight excluding hydrogens is 1250 g/mol. The third-order valence-corrected chi connectivity index (χ3v) is 21.9. The molecule has 7 heteroatoms. The zero-order chi connectivity index (χ0) is 67.1. The molecule has 6 nitrogen and oxygen atoms in total. The zero-order valence-corrected chi connectivity index (χ0v) is 56.9. The molecule has 15 aromatic carbocycles. The lowest BCUT2D eigenvalue weighted by Gasteiger charge is -2.08. The monoisotopic (exact) mass is 1310 g/mol. The SMILES string of the molecule is Cc1cc2c3ccccc3n3c4ccccc4c(c1)c23.Cc1ccc(-n2c3ccccc3c3c4oc5ccccc5c4ccc32)cc1.Cc1cccc(-n2c3ccccc3c3c4oc5ccccc5c4ccc32)c1.Cc1cccc(-n2c3ccccc3c3c4sc5ccccc5c4ccc32)c1. The molecule has 23 aromatic rings. The van der Waals surface area contributed by atoms with Gasteiger partial charge in [0.15, 0.2) is 0 Å². The van der Waals surface area contributed by atoms with Crippen molar-refractivity contribution in [1.82, 2.24) is 18.1 Å². The standard InChI is InChI=1S/2C25H17NO.C25H17NS.C19H13N/c1-16-7-6-8-17(15-16)26-21-11-4-2-10-20(21)24-22(26)14-13-19-18-9-3-5-12-23(18)27-25(19)24;1-16-10-12-17(13-11-16)26-21-8-4-2-7-20(21)24-22(26)15-14-19-18-6-3-5-9-23(18)27-25(19)24;1-16-7-6-8-17(15-16)26-21-11-4-2-10-20(21)24-22(26)14-13-19-18-9-3-5-12-23(18)27-25(19)24;1-12-10-15-13-6-2-4-8-17(13)20-18-9-5-3-7-14(18)16(11-12)19(15)20/h3*2-15H,1H3;2-11H,1H3. The van der Waals surface area contributed by atoms with Crippen molar-refractivity contribution in [2.45, 2.75) is 27.7 Å². The first kappa shape index (κ1) is 58.5. The molecule has 0 atom stereocenters. The summed E-state index contributed by atoms with van der Waals surface area (Å²) < 4.78 is 24.9. The van der Waals surface area contributed by atoms with E-state index in [0.717, 1.165) is 22.3 Å². The van der Waals surface area contributed by atoms with Gasteiger partial charge < -0.3 is 26.9 Å². The highest BCUT2D eigenvalue weighted by molar-refractivity contribution is 7.26. The summed E-state index contributed by atoms with van der Waals surface area (Å²) in [5.41, 5.74) is 23.8. The van der Waals surface area contributed by atoms with E-state index in [-0.39, 0.29) is 0 Å². The minimum Gasteiger partial charge on any atom is -0.455 e. The number of aromatic nitrogens is 4. The topological polar surface area (TPSA) is 45.5 Å². The molecule has 0 saturated carbocycles. The van der Waals surface area contributed by atoms with Crippen LogP contribution in [0.2, 0.25) is 0 Å². The predicted octanol–water partition coefficient (Wildman–Crippen LogP) is 26.6. The van der Waals surface area contributed by atoms with Gasteiger partial charge in [0, 0.05) is 102 Å². The Morgan fingerprint density at radius 2 is 0.634 bits per heavy atom. The second-order valence-electron chi connectivity index (χ2n) is 27.0. The van der Waals surface area contributed by atoms with Crippen LogP contribution in [0.1, 0.15) is 22.3 Å². The van der Waals surface area contributed by atoms with Crippen molar-refractivity contribution in [2.24, 2.45) is 0 Å². The van der Waals surface area contributed by atoms with Gasteiger partial charge in [-0.25, -0.2) is 0 Å². The van der Waals surface area contributed by atoms with Crippen LogP contribution in [0.25, 0.3) is 185 Å². The second kappa shape index (κ2) is 23.0. The van der Waals surface area contributed by atoms with Crippen LogP contribution in [-0.4, -0.2) is 18.1 Å². The van der Waals surface area contributed by atoms with Gasteiger partial charge in [-0.05, 0) is 172 Å². The Hall–Kier alpha value is -12.7. The number of hydrogen-bond donors (Lipinski definition) is 0. The highest BCUT2D eigenvalue weighted by atomic mass is 32.1. The molecule has 0 aliphatic carbocycles. The Morgan fingerprint density at radius 3 is 1.13 bits per heavy atom. The van der Waals surface area contributed by atoms with Gasteiger partial charge in [-0.15, -0.1) is 11.3 Å². The Balaban J connectivity index is 0.0000000911. The number of nitrogens with zero attached hydrogens (tertiary/aromatic N) is 4. The fraction of sp³-hybridized carbons (Fsp3) is 0.0426. The summed E-state index contributed by atoms with van der Waals surface area (Å²) >= 11 is 1.90. The molecule has 0 bridgehead atoms. The lowest BCUT2D eigenvalue weighted by atomic mass is 10.1. The molecule has 8 aromatic heterocycles. The van der Waals surface area contributed by atoms with Crippen molar-refractivity contribution in [1.29, 1.82) is 0 Å². The average Bonchev–Trinajstić information content (AvgIpc) is 1.57. The van der Waals surface area contributed by atoms with E-state index in [4.69, 9.17) is 8.83 Å². The first-order valence-corrected chi connectivity index (χ1v) is 35.4. The van der Waals surface area contributed by atoms with Crippen molar-refractivity contribution in [3.63, 3.8) is 0 Å². The highest BCUT2D eigenvalue weighted by Gasteiger charge is 2.23. The largest absolute Gasteiger partial charge is 0.455 e. The molecule has 0 aliphatic heterocycles. The molecule has 23 rings (SSSR count). The van der Waals surface area contributed by atoms with E-state index in [1.807, 2.05) is 35.6 Å². The number of furan rings is 2. The molecule has 0 fully saturated rings. The number of hydrogen-bond acceptors (Lipinski definition) is 3. The fourth-order valence-corrected chi connectivity index (χ4v) is 17.6. The minimum atomic E-state index is 0.937. The van der Waals surface area contributed by atoms with Gasteiger partial charge in [0.1, 0.15) is 22.3 Å². The summed E-state index contributed by atoms with van der Waals surface area (Å²) in [4.78, 5) is 0. The Labute approximate surface area is 584 Å². The number of rotatable bonds is 3. The molecule has 101 heavy (non-hydrogen) atoms. The van der Waals surface area contributed by atoms with E-state index in [1.165, 1.54) is 185 Å². The molecule has 8 heterocycles. The van der Waals surface area contributed by atoms with E-state index in [2.05, 4.69) is 337 Å². The van der Waals surface area contributed by atoms with Crippen LogP contribution in [-0.2, 0) is 0 Å². The van der Waals surface area contributed by atoms with Crippen molar-refractivity contribution in [3.05, 3.63) is 338 Å². The third kappa shape index (κ3) is 9.10. The third-order valence-electron chi connectivity index (χ3n) is 20.7. The van der Waals surface area contributed by atoms with Crippen LogP contribution in [0.4, 0.5) is 0 Å². The first-order valence-electron chi connectivity index (χ1n) is 34.6. The van der Waals surface area contributed by atoms with E-state index >= 15 is 0 Å². The number of thiophene rings is 1. The van der Waals surface area contributed by atoms with Gasteiger partial charge in [-0.2, -0.15) is 0 Å². The van der Waals surface area contributed by atoms with Gasteiger partial charge in [-0.3, -0.25) is 0 Å². The Morgan fingerprint density at radius 1 is 0.238 bits per heavy atom. The average molecular weight is 1310 g/mol. The minimum absolute atomic E-state index is 0.937. The fourth-order valence-electron chi connectivity index (χ4n) is 16.4. The van der Waals surface area contributed by atoms with Crippen LogP contribution >= 0.6 is 11.3 Å². The summed E-state index contributed by atoms with van der Waals surface area (Å²) in [6, 6.07) is 113. The summed E-state index contributed by atoms with van der Waals surface area (Å²) in [7, 11) is 0. The maximum atomic E-state index is 6.33. The lowest BCUT2D eigenvalue weighted by molar-refractivity contribution is 0.672. The smallest absolute Gasteiger partial charge is 0.145 e. The van der Waals surface area contributed by atoms with Gasteiger partial charge in [0.2, 0.25) is 0 Å². The quantitative estimate of drug-likeness (QED) is 0.177. The summed E-state index contributed by atoms with van der Waals surface area (Å²) in [6.07, 6.45) is 0. The zero-order valence-electron chi connectivity index (χ0n) is 56.0. The summed E-state index contributed by atoms with van der Waals surface area (Å²) in [5.74, 6) is 0. The van der Waals surface area contributed by atoms with E-state index in [1.54, 1.807) is 0 Å². The van der Waals surface area contributed by atoms with Crippen LogP contribution in [0.15, 0.2) is 324 Å². The van der Waals surface area contributed by atoms with Gasteiger partial charge in [0.05, 0.1) is 60.4 Å². The van der Waals surface area contributed by atoms with E-state index < -0.39 is 0 Å². The van der Waals surface area contributed by atoms with Crippen molar-refractivity contribution in [3.8, 4) is 17.1 Å². The molecule has 478 valence electrons. The van der Waals surface area contributed by atoms with Crippen molar-refractivity contribution < 1.29 is 8.83 Å². The predicted molar refractivity (Wildman–Crippen MR) is 430 cm³/mol. The molecule has 0 spiro atoms. The lowest BCUT2D eigenvalue weighted by Crippen LogP contribution is -1.93. The molecule has 0 N–H and O–H groups in total. The normalized spacial score (nSPS) is 12.0. The van der Waals surface area contributed by atoms with Gasteiger partial charge in [0.25, 0.3) is 0 Å². The number of para-hydroxylation sites is 7. The maximum absolute atomic E-state index is 6.33. The Kier molecular flexibility index (Phi) is 13.3. The number of benzene rings is 15. The van der Waals surface area contributed by atoms with Crippen LogP contribution in [0, 0.1) is 27.7 Å². The molecular formula is C94H64N4O2S. The van der Waals surface area contributed by atoms with Gasteiger partial charge >= 0.3 is 0 Å². The van der Waals surface area contributed by atoms with Gasteiger partial charge in [-0.1, -0.05) is 194 Å². The molecule has 0 aliphatic rings. The maximum Gasteiger partial charge on any atom is 0.145 e.